The van der Waals surface area contributed by atoms with Gasteiger partial charge < -0.3 is 10.6 Å². The van der Waals surface area contributed by atoms with Crippen molar-refractivity contribution < 1.29 is 9.59 Å². The summed E-state index contributed by atoms with van der Waals surface area (Å²) in [5.74, 6) is 0. The Labute approximate surface area is 107 Å². The Bertz CT molecular complexity index is 394. The predicted molar refractivity (Wildman–Crippen MR) is 65.6 cm³/mol. The van der Waals surface area contributed by atoms with Crippen molar-refractivity contribution in [3.63, 3.8) is 0 Å². The van der Waals surface area contributed by atoms with Crippen LogP contribution < -0.4 is 10.6 Å². The van der Waals surface area contributed by atoms with Crippen LogP contribution in [0.2, 0.25) is 0 Å². The van der Waals surface area contributed by atoms with Crippen molar-refractivity contribution in [1.82, 2.24) is 20.4 Å². The Morgan fingerprint density at radius 2 is 1.33 bits per heavy atom. The van der Waals surface area contributed by atoms with Gasteiger partial charge in [-0.3, -0.25) is 9.80 Å². The second kappa shape index (κ2) is 3.10. The smallest absolute Gasteiger partial charge is 0.314 e. The lowest BCUT2D eigenvalue weighted by Gasteiger charge is -2.41. The molecule has 3 heterocycles. The Hall–Kier alpha value is -1.46. The maximum atomic E-state index is 12.0. The largest absolute Gasteiger partial charge is 0.320 e. The molecule has 0 aliphatic carbocycles. The van der Waals surface area contributed by atoms with Gasteiger partial charge >= 0.3 is 12.1 Å². The van der Waals surface area contributed by atoms with Gasteiger partial charge in [0.15, 0.2) is 0 Å². The molecule has 0 atom stereocenters. The van der Waals surface area contributed by atoms with Crippen LogP contribution in [0.3, 0.4) is 0 Å². The summed E-state index contributed by atoms with van der Waals surface area (Å²) in [5.41, 5.74) is -0.0757. The standard InChI is InChI=1S/C12H20N4O2/c1-11(2)5-15-8-7(13-9(15)17)14-10(18)16(8)6-12(11,3)4/h7-8H,5-6H2,1-4H3,(H,13,17)(H,14,18). The summed E-state index contributed by atoms with van der Waals surface area (Å²) in [5, 5.41) is 5.65. The van der Waals surface area contributed by atoms with Gasteiger partial charge in [0.2, 0.25) is 0 Å². The fourth-order valence-corrected chi connectivity index (χ4v) is 3.00. The monoisotopic (exact) mass is 252 g/mol. The first kappa shape index (κ1) is 11.6. The minimum atomic E-state index is -0.269. The zero-order valence-electron chi connectivity index (χ0n) is 11.3. The minimum absolute atomic E-state index is 0.0378. The van der Waals surface area contributed by atoms with Gasteiger partial charge in [-0.1, -0.05) is 27.7 Å². The topological polar surface area (TPSA) is 64.7 Å². The molecule has 2 N–H and O–H groups in total. The molecule has 18 heavy (non-hydrogen) atoms. The molecule has 3 rings (SSSR count). The third-order valence-corrected chi connectivity index (χ3v) is 4.98. The number of carbonyl (C=O) groups excluding carboxylic acids is 2. The number of amides is 4. The van der Waals surface area contributed by atoms with E-state index in [-0.39, 0.29) is 35.2 Å². The first-order chi connectivity index (χ1) is 8.23. The zero-order valence-corrected chi connectivity index (χ0v) is 11.3. The normalized spacial score (nSPS) is 36.0. The van der Waals surface area contributed by atoms with E-state index in [2.05, 4.69) is 38.3 Å². The summed E-state index contributed by atoms with van der Waals surface area (Å²) in [6, 6.07) is -0.165. The molecule has 0 bridgehead atoms. The molecule has 0 aromatic rings. The highest BCUT2D eigenvalue weighted by Crippen LogP contribution is 2.45. The van der Waals surface area contributed by atoms with Crippen molar-refractivity contribution in [1.29, 1.82) is 0 Å². The summed E-state index contributed by atoms with van der Waals surface area (Å²) in [7, 11) is 0. The molecule has 0 unspecified atom stereocenters. The highest BCUT2D eigenvalue weighted by molar-refractivity contribution is 5.85. The second-order valence-corrected chi connectivity index (χ2v) is 6.81. The van der Waals surface area contributed by atoms with Crippen LogP contribution in [0.15, 0.2) is 0 Å². The zero-order chi connectivity index (χ0) is 13.3. The summed E-state index contributed by atoms with van der Waals surface area (Å²) >= 11 is 0. The lowest BCUT2D eigenvalue weighted by Crippen LogP contribution is -2.45. The predicted octanol–water partition coefficient (Wildman–Crippen LogP) is 0.755. The molecular formula is C12H20N4O2. The van der Waals surface area contributed by atoms with Crippen molar-refractivity contribution in [2.24, 2.45) is 10.8 Å². The van der Waals surface area contributed by atoms with Gasteiger partial charge in [0, 0.05) is 13.1 Å². The van der Waals surface area contributed by atoms with E-state index < -0.39 is 0 Å². The Morgan fingerprint density at radius 1 is 0.944 bits per heavy atom. The third-order valence-electron chi connectivity index (χ3n) is 4.98. The number of urea groups is 2. The van der Waals surface area contributed by atoms with E-state index in [9.17, 15) is 9.59 Å². The van der Waals surface area contributed by atoms with Gasteiger partial charge in [-0.05, 0) is 10.8 Å². The Morgan fingerprint density at radius 3 is 1.72 bits per heavy atom. The lowest BCUT2D eigenvalue weighted by atomic mass is 9.68. The summed E-state index contributed by atoms with van der Waals surface area (Å²) < 4.78 is 0. The number of carbonyl (C=O) groups is 2. The SMILES string of the molecule is CC1(C)CN2C(=O)NC3NC(=O)N(CC1(C)C)C32. The van der Waals surface area contributed by atoms with Gasteiger partial charge in [-0.25, -0.2) is 9.59 Å². The van der Waals surface area contributed by atoms with E-state index in [0.717, 1.165) is 0 Å². The second-order valence-electron chi connectivity index (χ2n) is 6.81. The maximum absolute atomic E-state index is 12.0. The van der Waals surface area contributed by atoms with Crippen LogP contribution in [-0.2, 0) is 0 Å². The van der Waals surface area contributed by atoms with Crippen molar-refractivity contribution in [2.45, 2.75) is 40.0 Å². The summed E-state index contributed by atoms with van der Waals surface area (Å²) in [6.07, 6.45) is -0.444. The highest BCUT2D eigenvalue weighted by Gasteiger charge is 2.57. The van der Waals surface area contributed by atoms with Crippen LogP contribution in [0.5, 0.6) is 0 Å². The van der Waals surface area contributed by atoms with Crippen molar-refractivity contribution in [3.05, 3.63) is 0 Å². The number of nitrogens with one attached hydrogen (secondary N) is 2. The Kier molecular flexibility index (Phi) is 2.00. The Balaban J connectivity index is 2.04. The molecule has 6 nitrogen and oxygen atoms in total. The number of hydrogen-bond donors (Lipinski definition) is 2. The molecule has 3 saturated heterocycles. The molecule has 0 saturated carbocycles. The molecular weight excluding hydrogens is 232 g/mol. The molecule has 0 aromatic carbocycles. The van der Waals surface area contributed by atoms with Crippen molar-refractivity contribution in [3.8, 4) is 0 Å². The van der Waals surface area contributed by atoms with Crippen LogP contribution in [0.25, 0.3) is 0 Å². The fraction of sp³-hybridized carbons (Fsp3) is 0.833. The van der Waals surface area contributed by atoms with Crippen LogP contribution in [0, 0.1) is 10.8 Å². The summed E-state index contributed by atoms with van der Waals surface area (Å²) in [6.45, 7) is 9.97. The van der Waals surface area contributed by atoms with E-state index in [0.29, 0.717) is 13.1 Å². The summed E-state index contributed by atoms with van der Waals surface area (Å²) in [4.78, 5) is 27.6. The average molecular weight is 252 g/mol. The molecule has 3 fully saturated rings. The lowest BCUT2D eigenvalue weighted by molar-refractivity contribution is 0.0909. The van der Waals surface area contributed by atoms with Gasteiger partial charge in [0.05, 0.1) is 0 Å². The number of hydrogen-bond acceptors (Lipinski definition) is 2. The van der Waals surface area contributed by atoms with Crippen LogP contribution in [0.4, 0.5) is 9.59 Å². The molecule has 3 aliphatic heterocycles. The molecule has 6 heteroatoms. The molecule has 0 spiro atoms. The van der Waals surface area contributed by atoms with E-state index in [1.165, 1.54) is 0 Å². The van der Waals surface area contributed by atoms with Gasteiger partial charge in [0.25, 0.3) is 0 Å². The third kappa shape index (κ3) is 1.29. The minimum Gasteiger partial charge on any atom is -0.314 e. The average Bonchev–Trinajstić information content (AvgIpc) is 2.62. The van der Waals surface area contributed by atoms with E-state index in [1.54, 1.807) is 9.80 Å². The van der Waals surface area contributed by atoms with Gasteiger partial charge in [-0.15, -0.1) is 0 Å². The molecule has 100 valence electrons. The molecule has 0 aromatic heterocycles. The van der Waals surface area contributed by atoms with E-state index in [1.807, 2.05) is 0 Å². The van der Waals surface area contributed by atoms with Crippen LogP contribution in [0.1, 0.15) is 27.7 Å². The molecule has 0 radical (unpaired) electrons. The number of rotatable bonds is 0. The van der Waals surface area contributed by atoms with Crippen LogP contribution in [-0.4, -0.2) is 47.3 Å². The van der Waals surface area contributed by atoms with Crippen LogP contribution >= 0.6 is 0 Å². The highest BCUT2D eigenvalue weighted by atomic mass is 16.2. The van der Waals surface area contributed by atoms with Gasteiger partial charge in [0.1, 0.15) is 12.3 Å². The van der Waals surface area contributed by atoms with Crippen molar-refractivity contribution in [2.75, 3.05) is 13.1 Å². The van der Waals surface area contributed by atoms with E-state index in [4.69, 9.17) is 0 Å². The quantitative estimate of drug-likeness (QED) is 0.668. The fourth-order valence-electron chi connectivity index (χ4n) is 3.00. The first-order valence-electron chi connectivity index (χ1n) is 6.37. The van der Waals surface area contributed by atoms with Gasteiger partial charge in [-0.2, -0.15) is 0 Å². The van der Waals surface area contributed by atoms with Crippen molar-refractivity contribution >= 4 is 12.1 Å². The maximum Gasteiger partial charge on any atom is 0.320 e. The molecule has 4 amide bonds. The first-order valence-corrected chi connectivity index (χ1v) is 6.37. The molecule has 3 aliphatic rings. The number of nitrogens with zero attached hydrogens (tertiary/aromatic N) is 2. The van der Waals surface area contributed by atoms with E-state index >= 15 is 0 Å².